The van der Waals surface area contributed by atoms with Crippen molar-refractivity contribution in [2.45, 2.75) is 18.4 Å². The van der Waals surface area contributed by atoms with E-state index in [1.165, 1.54) is 31.2 Å². The van der Waals surface area contributed by atoms with E-state index >= 15 is 0 Å². The first-order chi connectivity index (χ1) is 13.3. The van der Waals surface area contributed by atoms with E-state index in [9.17, 15) is 22.6 Å². The number of esters is 1. The average Bonchev–Trinajstić information content (AvgIpc) is 2.64. The van der Waals surface area contributed by atoms with Gasteiger partial charge in [-0.15, -0.1) is 0 Å². The Balaban J connectivity index is 2.01. The molecular formula is C15H14F2N4O6S. The van der Waals surface area contributed by atoms with Gasteiger partial charge in [0.15, 0.2) is 0 Å². The molecule has 2 aromatic rings. The molecule has 1 atom stereocenters. The molecule has 0 radical (unpaired) electrons. The zero-order valence-corrected chi connectivity index (χ0v) is 15.3. The van der Waals surface area contributed by atoms with Crippen LogP contribution in [0.3, 0.4) is 0 Å². The van der Waals surface area contributed by atoms with E-state index in [-0.39, 0.29) is 22.1 Å². The highest BCUT2D eigenvalue weighted by atomic mass is 32.2. The molecule has 0 aliphatic heterocycles. The van der Waals surface area contributed by atoms with Crippen molar-refractivity contribution >= 4 is 29.0 Å². The second kappa shape index (κ2) is 9.66. The van der Waals surface area contributed by atoms with Gasteiger partial charge in [-0.05, 0) is 19.1 Å². The van der Waals surface area contributed by atoms with E-state index in [2.05, 4.69) is 24.8 Å². The molecule has 0 saturated heterocycles. The topological polar surface area (TPSA) is 129 Å². The van der Waals surface area contributed by atoms with Crippen LogP contribution >= 0.6 is 0 Å². The quantitative estimate of drug-likeness (QED) is 0.518. The highest BCUT2D eigenvalue weighted by Gasteiger charge is 2.18. The number of halogens is 2. The normalized spacial score (nSPS) is 11.6. The van der Waals surface area contributed by atoms with Crippen LogP contribution in [0.1, 0.15) is 16.1 Å². The minimum atomic E-state index is -3.10. The number of methoxy groups -OCH3 is 1. The number of nitrogens with zero attached hydrogens (tertiary/aromatic N) is 2. The predicted octanol–water partition coefficient (Wildman–Crippen LogP) is 1.95. The summed E-state index contributed by atoms with van der Waals surface area (Å²) < 4.78 is 50.1. The molecule has 28 heavy (non-hydrogen) atoms. The third-order valence-corrected chi connectivity index (χ3v) is 3.90. The Morgan fingerprint density at radius 1 is 1.21 bits per heavy atom. The standard InChI is InChI=1S/C15H14F2N4O6S/c1-8-7-11(26-13(16)17)19-14(18-8)20-15(23)21-27-28(24)10-6-4-3-5-9(10)12(22)25-2/h3-7,13H,1-2H3,(H2,18,19,20,21,23). The van der Waals surface area contributed by atoms with Crippen LogP contribution in [-0.4, -0.2) is 39.9 Å². The maximum Gasteiger partial charge on any atom is 0.388 e. The summed E-state index contributed by atoms with van der Waals surface area (Å²) in [5.41, 5.74) is 2.06. The van der Waals surface area contributed by atoms with Crippen LogP contribution in [0.15, 0.2) is 35.2 Å². The highest BCUT2D eigenvalue weighted by molar-refractivity contribution is 7.80. The third-order valence-electron chi connectivity index (χ3n) is 2.95. The Morgan fingerprint density at radius 2 is 1.93 bits per heavy atom. The number of aromatic nitrogens is 2. The lowest BCUT2D eigenvalue weighted by atomic mass is 10.2. The highest BCUT2D eigenvalue weighted by Crippen LogP contribution is 2.16. The van der Waals surface area contributed by atoms with Gasteiger partial charge in [-0.1, -0.05) is 12.1 Å². The van der Waals surface area contributed by atoms with Gasteiger partial charge in [0.1, 0.15) is 0 Å². The molecule has 0 fully saturated rings. The lowest BCUT2D eigenvalue weighted by Gasteiger charge is -2.10. The van der Waals surface area contributed by atoms with Crippen LogP contribution in [0.4, 0.5) is 19.5 Å². The number of amides is 2. The van der Waals surface area contributed by atoms with Gasteiger partial charge in [-0.3, -0.25) is 5.32 Å². The van der Waals surface area contributed by atoms with Crippen LogP contribution in [-0.2, 0) is 20.1 Å². The summed E-state index contributed by atoms with van der Waals surface area (Å²) in [6, 6.07) is 5.85. The number of hydroxylamine groups is 1. The van der Waals surface area contributed by atoms with Crippen molar-refractivity contribution in [3.8, 4) is 5.88 Å². The van der Waals surface area contributed by atoms with Crippen molar-refractivity contribution in [2.75, 3.05) is 12.4 Å². The first kappa shape index (κ1) is 21.1. The van der Waals surface area contributed by atoms with Gasteiger partial charge in [-0.25, -0.2) is 24.3 Å². The summed E-state index contributed by atoms with van der Waals surface area (Å²) in [4.78, 5) is 30.8. The van der Waals surface area contributed by atoms with Gasteiger partial charge in [0.25, 0.3) is 0 Å². The Labute approximate surface area is 159 Å². The summed E-state index contributed by atoms with van der Waals surface area (Å²) in [5, 5.41) is 2.10. The van der Waals surface area contributed by atoms with Crippen LogP contribution in [0.5, 0.6) is 5.88 Å². The summed E-state index contributed by atoms with van der Waals surface area (Å²) in [6.45, 7) is -1.63. The lowest BCUT2D eigenvalue weighted by molar-refractivity contribution is -0.0528. The lowest BCUT2D eigenvalue weighted by Crippen LogP contribution is -2.30. The van der Waals surface area contributed by atoms with Crippen molar-refractivity contribution in [3.63, 3.8) is 0 Å². The number of hydrogen-bond acceptors (Lipinski definition) is 8. The fourth-order valence-corrected chi connectivity index (χ4v) is 2.65. The average molecular weight is 416 g/mol. The molecule has 1 unspecified atom stereocenters. The summed E-state index contributed by atoms with van der Waals surface area (Å²) >= 11 is -2.25. The van der Waals surface area contributed by atoms with E-state index in [1.54, 1.807) is 0 Å². The number of nitrogens with one attached hydrogen (secondary N) is 2. The molecule has 2 amide bonds. The van der Waals surface area contributed by atoms with Crippen molar-refractivity contribution in [1.82, 2.24) is 15.4 Å². The van der Waals surface area contributed by atoms with Crippen molar-refractivity contribution in [1.29, 1.82) is 0 Å². The Hall–Kier alpha value is -3.19. The molecule has 0 aliphatic carbocycles. The number of hydrogen-bond donors (Lipinski definition) is 2. The van der Waals surface area contributed by atoms with E-state index in [0.717, 1.165) is 13.2 Å². The van der Waals surface area contributed by atoms with Crippen molar-refractivity contribution in [2.24, 2.45) is 0 Å². The van der Waals surface area contributed by atoms with Gasteiger partial charge < -0.3 is 9.47 Å². The summed E-state index contributed by atoms with van der Waals surface area (Å²) in [6.07, 6.45) is 0. The predicted molar refractivity (Wildman–Crippen MR) is 90.8 cm³/mol. The largest absolute Gasteiger partial charge is 0.465 e. The number of carbonyl (C=O) groups is 2. The molecule has 0 saturated carbocycles. The smallest absolute Gasteiger partial charge is 0.388 e. The maximum atomic E-state index is 12.3. The molecule has 10 nitrogen and oxygen atoms in total. The minimum Gasteiger partial charge on any atom is -0.465 e. The van der Waals surface area contributed by atoms with E-state index in [1.807, 2.05) is 5.48 Å². The summed E-state index contributed by atoms with van der Waals surface area (Å²) in [5.74, 6) is -1.54. The molecule has 1 aromatic carbocycles. The summed E-state index contributed by atoms with van der Waals surface area (Å²) in [7, 11) is 1.16. The van der Waals surface area contributed by atoms with Gasteiger partial charge in [0.2, 0.25) is 22.9 Å². The van der Waals surface area contributed by atoms with E-state index in [0.29, 0.717) is 0 Å². The monoisotopic (exact) mass is 416 g/mol. The molecular weight excluding hydrogens is 402 g/mol. The van der Waals surface area contributed by atoms with Crippen LogP contribution < -0.4 is 15.5 Å². The van der Waals surface area contributed by atoms with Gasteiger partial charge in [-0.2, -0.15) is 18.0 Å². The maximum absolute atomic E-state index is 12.3. The third kappa shape index (κ3) is 5.92. The second-order valence-electron chi connectivity index (χ2n) is 4.91. The van der Waals surface area contributed by atoms with Gasteiger partial charge in [0, 0.05) is 11.8 Å². The number of urea groups is 1. The number of alkyl halides is 2. The number of anilines is 1. The zero-order chi connectivity index (χ0) is 20.7. The number of carbonyl (C=O) groups excluding carboxylic acids is 2. The zero-order valence-electron chi connectivity index (χ0n) is 14.5. The molecule has 2 rings (SSSR count). The molecule has 1 heterocycles. The van der Waals surface area contributed by atoms with Gasteiger partial charge in [0.05, 0.1) is 17.6 Å². The number of aryl methyl sites for hydroxylation is 1. The Kier molecular flexibility index (Phi) is 7.28. The van der Waals surface area contributed by atoms with E-state index in [4.69, 9.17) is 4.28 Å². The SMILES string of the molecule is COC(=O)c1ccccc1S(=O)ONC(=O)Nc1nc(C)cc(OC(F)F)n1. The van der Waals surface area contributed by atoms with Crippen LogP contribution in [0, 0.1) is 6.92 Å². The molecule has 13 heteroatoms. The molecule has 0 aliphatic rings. The second-order valence-corrected chi connectivity index (χ2v) is 5.99. The fraction of sp³-hybridized carbons (Fsp3) is 0.200. The van der Waals surface area contributed by atoms with Crippen LogP contribution in [0.2, 0.25) is 0 Å². The molecule has 0 spiro atoms. The van der Waals surface area contributed by atoms with Gasteiger partial charge >= 0.3 is 18.6 Å². The number of ether oxygens (including phenoxy) is 2. The number of rotatable bonds is 7. The first-order valence-electron chi connectivity index (χ1n) is 7.44. The van der Waals surface area contributed by atoms with Crippen LogP contribution in [0.25, 0.3) is 0 Å². The Bertz CT molecular complexity index is 899. The van der Waals surface area contributed by atoms with Crippen molar-refractivity contribution in [3.05, 3.63) is 41.6 Å². The Morgan fingerprint density at radius 3 is 2.61 bits per heavy atom. The molecule has 0 bridgehead atoms. The molecule has 1 aromatic heterocycles. The molecule has 150 valence electrons. The fourth-order valence-electron chi connectivity index (χ4n) is 1.89. The number of benzene rings is 1. The first-order valence-corrected chi connectivity index (χ1v) is 8.51. The van der Waals surface area contributed by atoms with Crippen molar-refractivity contribution < 1.29 is 36.3 Å². The minimum absolute atomic E-state index is 0.0126. The van der Waals surface area contributed by atoms with E-state index < -0.39 is 35.6 Å². The molecule has 2 N–H and O–H groups in total.